The van der Waals surface area contributed by atoms with Crippen LogP contribution < -0.4 is 5.43 Å². The van der Waals surface area contributed by atoms with Crippen LogP contribution in [-0.2, 0) is 30.3 Å². The molecule has 2 heterocycles. The molecule has 9 nitrogen and oxygen atoms in total. The van der Waals surface area contributed by atoms with Gasteiger partial charge in [-0.1, -0.05) is 54.6 Å². The van der Waals surface area contributed by atoms with E-state index in [1.165, 1.54) is 10.6 Å². The van der Waals surface area contributed by atoms with Crippen LogP contribution in [0.1, 0.15) is 65.4 Å². The number of hydrazine groups is 1. The number of methoxy groups -OCH3 is 1. The summed E-state index contributed by atoms with van der Waals surface area (Å²) in [5, 5.41) is 5.51. The fourth-order valence-corrected chi connectivity index (χ4v) is 4.89. The van der Waals surface area contributed by atoms with E-state index in [4.69, 9.17) is 19.0 Å². The first kappa shape index (κ1) is 31.4. The van der Waals surface area contributed by atoms with Crippen molar-refractivity contribution < 1.29 is 28.6 Å². The second kappa shape index (κ2) is 14.5. The van der Waals surface area contributed by atoms with Gasteiger partial charge in [-0.25, -0.2) is 10.2 Å². The highest BCUT2D eigenvalue weighted by molar-refractivity contribution is 5.76. The van der Waals surface area contributed by atoms with Gasteiger partial charge in [-0.15, -0.1) is 0 Å². The summed E-state index contributed by atoms with van der Waals surface area (Å²) < 4.78 is 16.8. The van der Waals surface area contributed by atoms with E-state index in [1.807, 2.05) is 12.1 Å². The third-order valence-corrected chi connectivity index (χ3v) is 7.91. The number of unbranched alkanes of at least 4 members (excludes halogenated alkanes) is 1. The molecule has 0 saturated carbocycles. The highest BCUT2D eigenvalue weighted by Crippen LogP contribution is 2.33. The maximum Gasteiger partial charge on any atom is 0.430 e. The zero-order valence-electron chi connectivity index (χ0n) is 24.6. The van der Waals surface area contributed by atoms with Gasteiger partial charge in [-0.05, 0) is 75.5 Å². The minimum absolute atomic E-state index is 0.0898. The molecule has 2 aliphatic rings. The zero-order valence-corrected chi connectivity index (χ0v) is 24.6. The first-order valence-electron chi connectivity index (χ1n) is 14.1. The number of rotatable bonds is 8. The summed E-state index contributed by atoms with van der Waals surface area (Å²) in [6.07, 6.45) is 8.06. The number of hydrogen-bond acceptors (Lipinski definition) is 8. The summed E-state index contributed by atoms with van der Waals surface area (Å²) in [7, 11) is 1.71. The molecule has 1 aromatic carbocycles. The molecular formula is C31H45N3O6. The first-order chi connectivity index (χ1) is 19.1. The molecule has 0 aromatic heterocycles. The number of benzene rings is 1. The summed E-state index contributed by atoms with van der Waals surface area (Å²) >= 11 is 0. The Morgan fingerprint density at radius 1 is 1.20 bits per heavy atom. The van der Waals surface area contributed by atoms with Crippen molar-refractivity contribution >= 4 is 18.3 Å². The third kappa shape index (κ3) is 8.66. The molecule has 1 amide bonds. The van der Waals surface area contributed by atoms with Crippen LogP contribution in [0.3, 0.4) is 0 Å². The Balaban J connectivity index is 1.66. The van der Waals surface area contributed by atoms with Crippen LogP contribution in [-0.4, -0.2) is 61.5 Å². The topological polar surface area (TPSA) is 98.7 Å². The molecule has 0 bridgehead atoms. The van der Waals surface area contributed by atoms with Crippen molar-refractivity contribution in [2.24, 2.45) is 17.0 Å². The Labute approximate surface area is 238 Å². The molecule has 2 saturated heterocycles. The lowest BCUT2D eigenvalue weighted by Gasteiger charge is -2.47. The molecule has 2 aliphatic heterocycles. The zero-order chi connectivity index (χ0) is 29.2. The van der Waals surface area contributed by atoms with Crippen LogP contribution in [0.25, 0.3) is 0 Å². The number of fused-ring (bicyclic) bond motifs is 1. The Bertz CT molecular complexity index is 1070. The average molecular weight is 556 g/mol. The van der Waals surface area contributed by atoms with Crippen molar-refractivity contribution in [2.45, 2.75) is 77.5 Å². The number of carbonyl (C=O) groups is 2. The maximum atomic E-state index is 12.7. The lowest BCUT2D eigenvalue weighted by Crippen LogP contribution is -2.71. The predicted octanol–water partition coefficient (Wildman–Crippen LogP) is 5.57. The highest BCUT2D eigenvalue weighted by atomic mass is 16.7. The fourth-order valence-electron chi connectivity index (χ4n) is 4.89. The molecule has 1 unspecified atom stereocenters. The van der Waals surface area contributed by atoms with Crippen molar-refractivity contribution in [2.75, 3.05) is 26.9 Å². The predicted molar refractivity (Wildman–Crippen MR) is 154 cm³/mol. The number of oxime groups is 1. The normalized spacial score (nSPS) is 29.7. The molecule has 40 heavy (non-hydrogen) atoms. The van der Waals surface area contributed by atoms with Crippen LogP contribution in [0.4, 0.5) is 4.79 Å². The molecule has 0 spiro atoms. The van der Waals surface area contributed by atoms with Crippen molar-refractivity contribution in [1.82, 2.24) is 10.4 Å². The lowest BCUT2D eigenvalue weighted by molar-refractivity contribution is -0.223. The number of allylic oxidation sites excluding steroid dienone is 1. The van der Waals surface area contributed by atoms with Crippen LogP contribution in [0, 0.1) is 11.8 Å². The molecule has 9 heteroatoms. The average Bonchev–Trinajstić information content (AvgIpc) is 2.94. The number of nitrogens with zero attached hydrogens (tertiary/aromatic N) is 2. The number of hydrogen-bond donors (Lipinski definition) is 1. The van der Waals surface area contributed by atoms with Crippen molar-refractivity contribution in [3.63, 3.8) is 0 Å². The minimum Gasteiger partial charge on any atom is -0.459 e. The van der Waals surface area contributed by atoms with E-state index in [9.17, 15) is 9.59 Å². The number of nitrogens with one attached hydrogen (secondary N) is 1. The quantitative estimate of drug-likeness (QED) is 0.147. The van der Waals surface area contributed by atoms with E-state index in [2.05, 4.69) is 55.3 Å². The summed E-state index contributed by atoms with van der Waals surface area (Å²) in [6.45, 7) is 12.6. The molecular weight excluding hydrogens is 510 g/mol. The number of amides is 1. The standard InChI is InChI=1S/C31H45N3O6/c1-23-15-17-30(4,37-6)20-24(2)27(16-18-33-39-19-11-10-14-26-12-8-7-9-13-26)21-32-34-29(36)40-31(34,5)22-38-28(35)25(23)3/h7-9,12-13,16,18,24-25,32H,1,10-11,14-15,17,19-22H2,2-6H3/b27-16-,33-18+/t24-,25?,30+,31-/m1/s1. The molecule has 0 aliphatic carbocycles. The monoisotopic (exact) mass is 555 g/mol. The van der Waals surface area contributed by atoms with E-state index in [-0.39, 0.29) is 12.5 Å². The van der Waals surface area contributed by atoms with Gasteiger partial charge in [-0.3, -0.25) is 4.79 Å². The van der Waals surface area contributed by atoms with Crippen molar-refractivity contribution in [3.8, 4) is 0 Å². The van der Waals surface area contributed by atoms with Crippen LogP contribution in [0.5, 0.6) is 0 Å². The van der Waals surface area contributed by atoms with Gasteiger partial charge in [0.2, 0.25) is 5.72 Å². The summed E-state index contributed by atoms with van der Waals surface area (Å²) in [5.74, 6) is -0.783. The molecule has 2 fully saturated rings. The SMILES string of the molecule is C=C1CC[C@](C)(OC)C[C@@H](C)/C(=C\C=N\OCCCCc2ccccc2)CNN2C(=O)O[C@]2(C)COC(=O)C1C. The number of cyclic esters (lactones) is 1. The van der Waals surface area contributed by atoms with Gasteiger partial charge in [0.05, 0.1) is 17.7 Å². The second-order valence-electron chi connectivity index (χ2n) is 11.2. The maximum absolute atomic E-state index is 12.7. The van der Waals surface area contributed by atoms with Gasteiger partial charge < -0.3 is 19.0 Å². The third-order valence-electron chi connectivity index (χ3n) is 7.91. The highest BCUT2D eigenvalue weighted by Gasteiger charge is 2.52. The van der Waals surface area contributed by atoms with E-state index in [0.717, 1.165) is 36.8 Å². The first-order valence-corrected chi connectivity index (χ1v) is 14.1. The van der Waals surface area contributed by atoms with Crippen LogP contribution in [0.15, 0.2) is 59.3 Å². The Kier molecular flexibility index (Phi) is 11.3. The molecule has 3 rings (SSSR count). The van der Waals surface area contributed by atoms with Gasteiger partial charge >= 0.3 is 12.1 Å². The summed E-state index contributed by atoms with van der Waals surface area (Å²) in [5.41, 5.74) is 4.74. The second-order valence-corrected chi connectivity index (χ2v) is 11.2. The molecule has 4 atom stereocenters. The van der Waals surface area contributed by atoms with Gasteiger partial charge in [0.25, 0.3) is 0 Å². The largest absolute Gasteiger partial charge is 0.459 e. The van der Waals surface area contributed by atoms with E-state index in [1.54, 1.807) is 27.2 Å². The number of ether oxygens (including phenoxy) is 3. The Morgan fingerprint density at radius 3 is 2.65 bits per heavy atom. The number of aryl methyl sites for hydroxylation is 1. The smallest absolute Gasteiger partial charge is 0.430 e. The summed E-state index contributed by atoms with van der Waals surface area (Å²) in [6, 6.07) is 10.4. The number of esters is 1. The molecule has 0 radical (unpaired) electrons. The number of carbonyl (C=O) groups excluding carboxylic acids is 2. The Morgan fingerprint density at radius 2 is 1.95 bits per heavy atom. The van der Waals surface area contributed by atoms with Gasteiger partial charge in [-0.2, -0.15) is 5.01 Å². The van der Waals surface area contributed by atoms with Crippen LogP contribution in [0.2, 0.25) is 0 Å². The molecule has 1 aromatic rings. The van der Waals surface area contributed by atoms with Gasteiger partial charge in [0.1, 0.15) is 6.61 Å². The molecule has 1 N–H and O–H groups in total. The van der Waals surface area contributed by atoms with Gasteiger partial charge in [0.15, 0.2) is 6.61 Å². The lowest BCUT2D eigenvalue weighted by atomic mass is 9.83. The fraction of sp³-hybridized carbons (Fsp3) is 0.581. The summed E-state index contributed by atoms with van der Waals surface area (Å²) in [4.78, 5) is 30.4. The van der Waals surface area contributed by atoms with Crippen molar-refractivity contribution in [3.05, 3.63) is 59.7 Å². The van der Waals surface area contributed by atoms with Gasteiger partial charge in [0, 0.05) is 20.6 Å². The van der Waals surface area contributed by atoms with E-state index >= 15 is 0 Å². The van der Waals surface area contributed by atoms with E-state index in [0.29, 0.717) is 26.0 Å². The van der Waals surface area contributed by atoms with Crippen molar-refractivity contribution in [1.29, 1.82) is 0 Å². The minimum atomic E-state index is -1.10. The Hall–Kier alpha value is -3.17. The van der Waals surface area contributed by atoms with E-state index < -0.39 is 29.3 Å². The molecule has 220 valence electrons. The van der Waals surface area contributed by atoms with Crippen LogP contribution >= 0.6 is 0 Å².